The van der Waals surface area contributed by atoms with Gasteiger partial charge in [-0.1, -0.05) is 121 Å². The molecule has 2 heteroatoms. The van der Waals surface area contributed by atoms with Crippen LogP contribution in [0.25, 0.3) is 55.3 Å². The topological polar surface area (TPSA) is 16.4 Å². The van der Waals surface area contributed by atoms with Crippen LogP contribution in [0.2, 0.25) is 0 Å². The molecule has 0 spiro atoms. The Labute approximate surface area is 275 Å². The molecule has 224 valence electrons. The van der Waals surface area contributed by atoms with Gasteiger partial charge in [0.25, 0.3) is 0 Å². The molecule has 9 rings (SSSR count). The summed E-state index contributed by atoms with van der Waals surface area (Å²) in [5.41, 5.74) is 18.3. The van der Waals surface area contributed by atoms with E-state index in [4.69, 9.17) is 4.42 Å². The lowest BCUT2D eigenvalue weighted by Gasteiger charge is -2.33. The highest BCUT2D eigenvalue weighted by atomic mass is 16.3. The third kappa shape index (κ3) is 4.26. The maximum absolute atomic E-state index is 6.40. The molecule has 8 aromatic rings. The van der Waals surface area contributed by atoms with Crippen molar-refractivity contribution in [3.8, 4) is 33.4 Å². The molecule has 0 N–H and O–H groups in total. The molecule has 1 aromatic heterocycles. The Morgan fingerprint density at radius 3 is 1.98 bits per heavy atom. The summed E-state index contributed by atoms with van der Waals surface area (Å²) in [6.07, 6.45) is 0.869. The number of hydrogen-bond donors (Lipinski definition) is 0. The standard InChI is InChI=1S/C45H33NO/c1-29-30(2)45(46(33-19-7-4-8-20-33)39-25-13-11-21-34(39)31-16-5-3-6-17-31)38-28-32-18-9-10-22-35(32)44(38)42(29)37-24-15-27-41-43(37)36-23-12-14-26-40(36)47-41/h3-27H,28H2,1-2H3. The minimum atomic E-state index is 0.869. The highest BCUT2D eigenvalue weighted by molar-refractivity contribution is 6.15. The maximum atomic E-state index is 6.40. The summed E-state index contributed by atoms with van der Waals surface area (Å²) < 4.78 is 6.40. The van der Waals surface area contributed by atoms with Gasteiger partial charge in [-0.15, -0.1) is 0 Å². The molecule has 0 aliphatic heterocycles. The van der Waals surface area contributed by atoms with Crippen LogP contribution in [0.3, 0.4) is 0 Å². The zero-order chi connectivity index (χ0) is 31.5. The monoisotopic (exact) mass is 603 g/mol. The van der Waals surface area contributed by atoms with Crippen molar-refractivity contribution in [1.29, 1.82) is 0 Å². The lowest BCUT2D eigenvalue weighted by atomic mass is 9.84. The molecule has 1 aliphatic rings. The molecule has 7 aromatic carbocycles. The van der Waals surface area contributed by atoms with Crippen LogP contribution >= 0.6 is 0 Å². The summed E-state index contributed by atoms with van der Waals surface area (Å²) in [5.74, 6) is 0. The average Bonchev–Trinajstić information content (AvgIpc) is 3.70. The van der Waals surface area contributed by atoms with E-state index in [9.17, 15) is 0 Å². The Morgan fingerprint density at radius 2 is 1.15 bits per heavy atom. The number of benzene rings is 7. The van der Waals surface area contributed by atoms with Gasteiger partial charge in [0, 0.05) is 28.4 Å². The maximum Gasteiger partial charge on any atom is 0.136 e. The highest BCUT2D eigenvalue weighted by Crippen LogP contribution is 2.55. The number of nitrogens with zero attached hydrogens (tertiary/aromatic N) is 1. The van der Waals surface area contributed by atoms with E-state index in [0.29, 0.717) is 0 Å². The lowest BCUT2D eigenvalue weighted by molar-refractivity contribution is 0.669. The number of rotatable bonds is 5. The van der Waals surface area contributed by atoms with Crippen LogP contribution < -0.4 is 4.90 Å². The van der Waals surface area contributed by atoms with Gasteiger partial charge in [0.05, 0.1) is 11.4 Å². The van der Waals surface area contributed by atoms with Gasteiger partial charge in [-0.3, -0.25) is 0 Å². The highest BCUT2D eigenvalue weighted by Gasteiger charge is 2.33. The van der Waals surface area contributed by atoms with Gasteiger partial charge in [-0.2, -0.15) is 0 Å². The molecule has 1 aliphatic carbocycles. The van der Waals surface area contributed by atoms with E-state index in [2.05, 4.69) is 164 Å². The van der Waals surface area contributed by atoms with Crippen molar-refractivity contribution in [3.05, 3.63) is 174 Å². The fraction of sp³-hybridized carbons (Fsp3) is 0.0667. The third-order valence-electron chi connectivity index (χ3n) is 9.92. The molecule has 0 unspecified atom stereocenters. The van der Waals surface area contributed by atoms with Crippen molar-refractivity contribution in [1.82, 2.24) is 0 Å². The van der Waals surface area contributed by atoms with E-state index in [-0.39, 0.29) is 0 Å². The minimum Gasteiger partial charge on any atom is -0.456 e. The molecule has 47 heavy (non-hydrogen) atoms. The summed E-state index contributed by atoms with van der Waals surface area (Å²) in [4.78, 5) is 2.51. The van der Waals surface area contributed by atoms with Crippen LogP contribution in [0.5, 0.6) is 0 Å². The van der Waals surface area contributed by atoms with Gasteiger partial charge in [0.2, 0.25) is 0 Å². The molecule has 2 nitrogen and oxygen atoms in total. The second-order valence-corrected chi connectivity index (χ2v) is 12.5. The smallest absolute Gasteiger partial charge is 0.136 e. The average molecular weight is 604 g/mol. The Hall–Kier alpha value is -5.86. The van der Waals surface area contributed by atoms with Crippen molar-refractivity contribution in [2.45, 2.75) is 20.3 Å². The van der Waals surface area contributed by atoms with Crippen LogP contribution in [-0.4, -0.2) is 0 Å². The van der Waals surface area contributed by atoms with Gasteiger partial charge >= 0.3 is 0 Å². The van der Waals surface area contributed by atoms with Gasteiger partial charge < -0.3 is 9.32 Å². The van der Waals surface area contributed by atoms with Crippen LogP contribution in [0.15, 0.2) is 156 Å². The van der Waals surface area contributed by atoms with Gasteiger partial charge in [-0.05, 0) is 94.3 Å². The summed E-state index contributed by atoms with van der Waals surface area (Å²) in [6.45, 7) is 4.62. The molecule has 0 bridgehead atoms. The normalized spacial score (nSPS) is 12.0. The zero-order valence-corrected chi connectivity index (χ0v) is 26.5. The first-order chi connectivity index (χ1) is 23.2. The van der Waals surface area contributed by atoms with E-state index in [1.165, 1.54) is 72.4 Å². The number of hydrogen-bond acceptors (Lipinski definition) is 2. The minimum absolute atomic E-state index is 0.869. The fourth-order valence-corrected chi connectivity index (χ4v) is 7.74. The quantitative estimate of drug-likeness (QED) is 0.195. The largest absolute Gasteiger partial charge is 0.456 e. The number of para-hydroxylation sites is 3. The number of furan rings is 1. The van der Waals surface area contributed by atoms with Crippen molar-refractivity contribution in [2.24, 2.45) is 0 Å². The van der Waals surface area contributed by atoms with Crippen LogP contribution in [-0.2, 0) is 6.42 Å². The van der Waals surface area contributed by atoms with E-state index in [1.54, 1.807) is 0 Å². The number of anilines is 3. The fourth-order valence-electron chi connectivity index (χ4n) is 7.74. The van der Waals surface area contributed by atoms with Crippen molar-refractivity contribution in [2.75, 3.05) is 4.90 Å². The first-order valence-electron chi connectivity index (χ1n) is 16.3. The second-order valence-electron chi connectivity index (χ2n) is 12.5. The van der Waals surface area contributed by atoms with Crippen LogP contribution in [0.1, 0.15) is 22.3 Å². The summed E-state index contributed by atoms with van der Waals surface area (Å²) in [7, 11) is 0. The Kier molecular flexibility index (Phi) is 6.36. The van der Waals surface area contributed by atoms with E-state index in [1.807, 2.05) is 6.07 Å². The van der Waals surface area contributed by atoms with Gasteiger partial charge in [0.15, 0.2) is 0 Å². The van der Waals surface area contributed by atoms with Gasteiger partial charge in [-0.25, -0.2) is 0 Å². The molecule has 0 fully saturated rings. The van der Waals surface area contributed by atoms with E-state index >= 15 is 0 Å². The van der Waals surface area contributed by atoms with Crippen molar-refractivity contribution < 1.29 is 4.42 Å². The zero-order valence-electron chi connectivity index (χ0n) is 26.5. The molecular formula is C45H33NO. The van der Waals surface area contributed by atoms with Crippen molar-refractivity contribution in [3.63, 3.8) is 0 Å². The first-order valence-corrected chi connectivity index (χ1v) is 16.3. The summed E-state index contributed by atoms with van der Waals surface area (Å²) in [5, 5.41) is 2.33. The summed E-state index contributed by atoms with van der Waals surface area (Å²) in [6, 6.07) is 54.3. The predicted octanol–water partition coefficient (Wildman–Crippen LogP) is 12.6. The van der Waals surface area contributed by atoms with Crippen LogP contribution in [0.4, 0.5) is 17.1 Å². The van der Waals surface area contributed by atoms with Crippen molar-refractivity contribution >= 4 is 39.0 Å². The van der Waals surface area contributed by atoms with E-state index in [0.717, 1.165) is 28.7 Å². The number of fused-ring (bicyclic) bond motifs is 6. The second kappa shape index (κ2) is 10.9. The molecule has 0 radical (unpaired) electrons. The molecule has 0 saturated carbocycles. The molecule has 0 amide bonds. The molecular weight excluding hydrogens is 571 g/mol. The Balaban J connectivity index is 1.40. The lowest BCUT2D eigenvalue weighted by Crippen LogP contribution is -2.16. The Morgan fingerprint density at radius 1 is 0.511 bits per heavy atom. The first kappa shape index (κ1) is 27.5. The SMILES string of the molecule is Cc1c(C)c(N(c2ccccc2)c2ccccc2-c2ccccc2)c2c(c1-c1cccc3oc4ccccc4c13)-c1ccccc1C2. The molecule has 1 heterocycles. The summed E-state index contributed by atoms with van der Waals surface area (Å²) >= 11 is 0. The van der Waals surface area contributed by atoms with Crippen LogP contribution in [0, 0.1) is 13.8 Å². The Bertz CT molecular complexity index is 2450. The van der Waals surface area contributed by atoms with Gasteiger partial charge in [0.1, 0.15) is 11.2 Å². The predicted molar refractivity (Wildman–Crippen MR) is 197 cm³/mol. The van der Waals surface area contributed by atoms with E-state index < -0.39 is 0 Å². The molecule has 0 saturated heterocycles. The third-order valence-corrected chi connectivity index (χ3v) is 9.92. The molecule has 0 atom stereocenters.